The minimum Gasteiger partial charge on any atom is -0.352 e. The summed E-state index contributed by atoms with van der Waals surface area (Å²) in [6, 6.07) is 16.7. The Morgan fingerprint density at radius 3 is 2.55 bits per heavy atom. The number of nitro groups is 1. The van der Waals surface area contributed by atoms with Gasteiger partial charge in [0.15, 0.2) is 5.96 Å². The number of aromatic nitrogens is 2. The molecular weight excluding hydrogens is 368 g/mol. The molecule has 0 radical (unpaired) electrons. The highest BCUT2D eigenvalue weighted by atomic mass is 16.6. The molecule has 0 unspecified atom stereocenters. The van der Waals surface area contributed by atoms with Crippen LogP contribution in [-0.4, -0.2) is 27.7 Å². The van der Waals surface area contributed by atoms with E-state index in [4.69, 9.17) is 0 Å². The minimum atomic E-state index is -0.396. The van der Waals surface area contributed by atoms with Crippen LogP contribution in [0.1, 0.15) is 22.5 Å². The summed E-state index contributed by atoms with van der Waals surface area (Å²) in [6.45, 7) is 5.00. The Kier molecular flexibility index (Phi) is 6.23. The predicted molar refractivity (Wildman–Crippen MR) is 113 cm³/mol. The van der Waals surface area contributed by atoms with Gasteiger partial charge in [-0.25, -0.2) is 4.68 Å². The molecule has 0 aliphatic heterocycles. The Hall–Kier alpha value is -3.68. The van der Waals surface area contributed by atoms with Gasteiger partial charge in [-0.1, -0.05) is 30.3 Å². The zero-order chi connectivity index (χ0) is 20.8. The number of para-hydroxylation sites is 1. The van der Waals surface area contributed by atoms with Crippen LogP contribution in [0.25, 0.3) is 5.69 Å². The largest absolute Gasteiger partial charge is 0.352 e. The van der Waals surface area contributed by atoms with Crippen LogP contribution in [-0.2, 0) is 13.1 Å². The molecule has 3 rings (SSSR count). The summed E-state index contributed by atoms with van der Waals surface area (Å²) in [5.41, 5.74) is 5.02. The van der Waals surface area contributed by atoms with Crippen LogP contribution in [0.5, 0.6) is 0 Å². The molecule has 0 saturated carbocycles. The van der Waals surface area contributed by atoms with Gasteiger partial charge in [0.05, 0.1) is 16.3 Å². The zero-order valence-electron chi connectivity index (χ0n) is 16.7. The van der Waals surface area contributed by atoms with Gasteiger partial charge in [0.1, 0.15) is 0 Å². The fraction of sp³-hybridized carbons (Fsp3) is 0.238. The summed E-state index contributed by atoms with van der Waals surface area (Å²) < 4.78 is 1.94. The average molecular weight is 392 g/mol. The molecule has 150 valence electrons. The van der Waals surface area contributed by atoms with Gasteiger partial charge >= 0.3 is 0 Å². The summed E-state index contributed by atoms with van der Waals surface area (Å²) in [7, 11) is 1.69. The SMILES string of the molecule is CN=C(NCc1cccc([N+](=O)[O-])c1)NCc1ccccc1-n1nc(C)cc1C. The third-order valence-corrected chi connectivity index (χ3v) is 4.48. The Morgan fingerprint density at radius 2 is 1.86 bits per heavy atom. The molecule has 0 atom stereocenters. The normalized spacial score (nSPS) is 11.3. The molecule has 0 amide bonds. The number of hydrogen-bond acceptors (Lipinski definition) is 4. The van der Waals surface area contributed by atoms with Gasteiger partial charge in [-0.15, -0.1) is 0 Å². The lowest BCUT2D eigenvalue weighted by Crippen LogP contribution is -2.36. The van der Waals surface area contributed by atoms with Gasteiger partial charge in [0.25, 0.3) is 5.69 Å². The van der Waals surface area contributed by atoms with E-state index in [1.54, 1.807) is 19.2 Å². The molecule has 8 nitrogen and oxygen atoms in total. The number of nitrogens with zero attached hydrogens (tertiary/aromatic N) is 4. The monoisotopic (exact) mass is 392 g/mol. The molecule has 0 fully saturated rings. The molecule has 2 N–H and O–H groups in total. The van der Waals surface area contributed by atoms with E-state index in [0.29, 0.717) is 19.0 Å². The van der Waals surface area contributed by atoms with Crippen molar-refractivity contribution in [1.82, 2.24) is 20.4 Å². The molecule has 0 spiro atoms. The van der Waals surface area contributed by atoms with Crippen molar-refractivity contribution in [3.05, 3.63) is 87.2 Å². The number of guanidine groups is 1. The molecule has 0 aliphatic rings. The first-order valence-corrected chi connectivity index (χ1v) is 9.27. The van der Waals surface area contributed by atoms with E-state index >= 15 is 0 Å². The number of nitro benzene ring substituents is 1. The topological polar surface area (TPSA) is 97.4 Å². The lowest BCUT2D eigenvalue weighted by atomic mass is 10.1. The molecule has 1 aromatic heterocycles. The number of aliphatic imine (C=N–C) groups is 1. The maximum atomic E-state index is 10.9. The van der Waals surface area contributed by atoms with Gasteiger partial charge in [0.2, 0.25) is 0 Å². The predicted octanol–water partition coefficient (Wildman–Crippen LogP) is 3.26. The van der Waals surface area contributed by atoms with Crippen LogP contribution >= 0.6 is 0 Å². The summed E-state index contributed by atoms with van der Waals surface area (Å²) in [5, 5.41) is 22.0. The summed E-state index contributed by atoms with van der Waals surface area (Å²) in [4.78, 5) is 14.8. The van der Waals surface area contributed by atoms with E-state index in [0.717, 1.165) is 28.2 Å². The van der Waals surface area contributed by atoms with E-state index in [-0.39, 0.29) is 5.69 Å². The molecule has 3 aromatic rings. The molecule has 8 heteroatoms. The number of benzene rings is 2. The van der Waals surface area contributed by atoms with Crippen molar-refractivity contribution in [2.75, 3.05) is 7.05 Å². The van der Waals surface area contributed by atoms with Crippen molar-refractivity contribution < 1.29 is 4.92 Å². The smallest absolute Gasteiger partial charge is 0.269 e. The van der Waals surface area contributed by atoms with Crippen molar-refractivity contribution in [1.29, 1.82) is 0 Å². The maximum absolute atomic E-state index is 10.9. The second kappa shape index (κ2) is 9.01. The zero-order valence-corrected chi connectivity index (χ0v) is 16.7. The number of aryl methyl sites for hydroxylation is 2. The summed E-state index contributed by atoms with van der Waals surface area (Å²) >= 11 is 0. The van der Waals surface area contributed by atoms with E-state index in [1.807, 2.05) is 54.9 Å². The van der Waals surface area contributed by atoms with Crippen LogP contribution < -0.4 is 10.6 Å². The average Bonchev–Trinajstić information content (AvgIpc) is 3.06. The van der Waals surface area contributed by atoms with Crippen LogP contribution in [0.2, 0.25) is 0 Å². The van der Waals surface area contributed by atoms with Crippen LogP contribution in [0.4, 0.5) is 5.69 Å². The van der Waals surface area contributed by atoms with E-state index < -0.39 is 4.92 Å². The van der Waals surface area contributed by atoms with Gasteiger partial charge < -0.3 is 10.6 Å². The molecule has 2 aromatic carbocycles. The summed E-state index contributed by atoms with van der Waals surface area (Å²) in [5.74, 6) is 0.611. The number of nitrogens with one attached hydrogen (secondary N) is 2. The standard InChI is InChI=1S/C21H24N6O2/c1-15-11-16(2)26(25-15)20-10-5-4-8-18(20)14-24-21(22-3)23-13-17-7-6-9-19(12-17)27(28)29/h4-12H,13-14H2,1-3H3,(H2,22,23,24). The molecule has 1 heterocycles. The van der Waals surface area contributed by atoms with E-state index in [1.165, 1.54) is 6.07 Å². The number of hydrogen-bond donors (Lipinski definition) is 2. The van der Waals surface area contributed by atoms with Crippen LogP contribution in [0.15, 0.2) is 59.6 Å². The fourth-order valence-corrected chi connectivity index (χ4v) is 3.11. The lowest BCUT2D eigenvalue weighted by Gasteiger charge is -2.15. The third kappa shape index (κ3) is 4.98. The fourth-order valence-electron chi connectivity index (χ4n) is 3.11. The Morgan fingerprint density at radius 1 is 1.10 bits per heavy atom. The Bertz CT molecular complexity index is 1040. The van der Waals surface area contributed by atoms with Gasteiger partial charge in [-0.3, -0.25) is 15.1 Å². The van der Waals surface area contributed by atoms with Crippen molar-refractivity contribution in [3.63, 3.8) is 0 Å². The van der Waals surface area contributed by atoms with Crippen molar-refractivity contribution in [2.45, 2.75) is 26.9 Å². The minimum absolute atomic E-state index is 0.0751. The van der Waals surface area contributed by atoms with Crippen molar-refractivity contribution in [2.24, 2.45) is 4.99 Å². The Labute approximate surface area is 169 Å². The first-order chi connectivity index (χ1) is 14.0. The Balaban J connectivity index is 1.67. The molecule has 29 heavy (non-hydrogen) atoms. The lowest BCUT2D eigenvalue weighted by molar-refractivity contribution is -0.384. The van der Waals surface area contributed by atoms with Gasteiger partial charge in [0, 0.05) is 38.0 Å². The highest BCUT2D eigenvalue weighted by Gasteiger charge is 2.10. The quantitative estimate of drug-likeness (QED) is 0.290. The molecular formula is C21H24N6O2. The first-order valence-electron chi connectivity index (χ1n) is 9.27. The summed E-state index contributed by atoms with van der Waals surface area (Å²) in [6.07, 6.45) is 0. The van der Waals surface area contributed by atoms with Crippen molar-refractivity contribution in [3.8, 4) is 5.69 Å². The van der Waals surface area contributed by atoms with Crippen LogP contribution in [0.3, 0.4) is 0 Å². The second-order valence-electron chi connectivity index (χ2n) is 6.67. The van der Waals surface area contributed by atoms with E-state index in [9.17, 15) is 10.1 Å². The van der Waals surface area contributed by atoms with E-state index in [2.05, 4.69) is 20.7 Å². The molecule has 0 bridgehead atoms. The third-order valence-electron chi connectivity index (χ3n) is 4.48. The second-order valence-corrected chi connectivity index (χ2v) is 6.67. The first kappa shape index (κ1) is 20.1. The van der Waals surface area contributed by atoms with Crippen LogP contribution in [0, 0.1) is 24.0 Å². The highest BCUT2D eigenvalue weighted by molar-refractivity contribution is 5.79. The number of non-ortho nitro benzene ring substituents is 1. The van der Waals surface area contributed by atoms with Gasteiger partial charge in [-0.2, -0.15) is 5.10 Å². The van der Waals surface area contributed by atoms with Gasteiger partial charge in [-0.05, 0) is 37.1 Å². The van der Waals surface area contributed by atoms with Crippen molar-refractivity contribution >= 4 is 11.6 Å². The number of rotatable bonds is 6. The maximum Gasteiger partial charge on any atom is 0.269 e. The molecule has 0 saturated heterocycles. The molecule has 0 aliphatic carbocycles. The highest BCUT2D eigenvalue weighted by Crippen LogP contribution is 2.17.